The third-order valence-corrected chi connectivity index (χ3v) is 3.54. The molecule has 140 valence electrons. The van der Waals surface area contributed by atoms with E-state index < -0.39 is 0 Å². The Bertz CT molecular complexity index is 543. The van der Waals surface area contributed by atoms with Gasteiger partial charge in [0.2, 0.25) is 0 Å². The third-order valence-electron chi connectivity index (χ3n) is 3.54. The molecule has 2 rings (SSSR count). The van der Waals surface area contributed by atoms with E-state index in [0.29, 0.717) is 13.0 Å². The number of carbonyl (C=O) groups is 2. The van der Waals surface area contributed by atoms with E-state index in [-0.39, 0.29) is 68.6 Å². The lowest BCUT2D eigenvalue weighted by Gasteiger charge is -2.12. The summed E-state index contributed by atoms with van der Waals surface area (Å²) in [6.45, 7) is 4.68. The number of benzene rings is 1. The first-order valence-electron chi connectivity index (χ1n) is 7.63. The molecule has 0 saturated carbocycles. The van der Waals surface area contributed by atoms with Gasteiger partial charge in [-0.1, -0.05) is 43.0 Å². The Hall–Kier alpha value is -1.60. The maximum Gasteiger partial charge on any atom is 0.323 e. The van der Waals surface area contributed by atoms with Crippen molar-refractivity contribution in [2.75, 3.05) is 19.7 Å². The van der Waals surface area contributed by atoms with Gasteiger partial charge in [0.15, 0.2) is 0 Å². The zero-order valence-corrected chi connectivity index (χ0v) is 15.4. The van der Waals surface area contributed by atoms with Crippen molar-refractivity contribution in [1.29, 1.82) is 0 Å². The van der Waals surface area contributed by atoms with E-state index in [1.54, 1.807) is 0 Å². The molecule has 1 aromatic rings. The second kappa shape index (κ2) is 12.7. The highest BCUT2D eigenvalue weighted by Crippen LogP contribution is 2.10. The highest BCUT2D eigenvalue weighted by Gasteiger charge is 2.30. The lowest BCUT2D eigenvalue weighted by molar-refractivity contribution is -0.147. The average Bonchev–Trinajstić information content (AvgIpc) is 3.06. The summed E-state index contributed by atoms with van der Waals surface area (Å²) in [6.07, 6.45) is 2.11. The van der Waals surface area contributed by atoms with Gasteiger partial charge in [-0.05, 0) is 12.0 Å². The van der Waals surface area contributed by atoms with Gasteiger partial charge in [-0.3, -0.25) is 9.59 Å². The minimum absolute atomic E-state index is 0. The van der Waals surface area contributed by atoms with Crippen LogP contribution in [0.4, 0.5) is 0 Å². The summed E-state index contributed by atoms with van der Waals surface area (Å²) >= 11 is 0. The van der Waals surface area contributed by atoms with Crippen LogP contribution in [-0.2, 0) is 25.7 Å². The zero-order valence-electron chi connectivity index (χ0n) is 13.8. The van der Waals surface area contributed by atoms with Crippen molar-refractivity contribution in [3.05, 3.63) is 48.6 Å². The van der Waals surface area contributed by atoms with Crippen LogP contribution in [0.25, 0.3) is 0 Å². The number of ether oxygens (including phenoxy) is 2. The summed E-state index contributed by atoms with van der Waals surface area (Å²) in [4.78, 5) is 23.4. The normalized spacial score (nSPS) is 18.4. The first kappa shape index (κ1) is 23.4. The topological polar surface area (TPSA) is 76.7 Å². The molecule has 25 heavy (non-hydrogen) atoms. The SMILES string of the molecule is C=CCOC(=O)CN[C@H]1CN[C@H](C(=O)OCc2ccccc2)C1.Cl.Cl. The number of carbonyl (C=O) groups excluding carboxylic acids is 2. The zero-order chi connectivity index (χ0) is 16.5. The largest absolute Gasteiger partial charge is 0.461 e. The molecule has 1 aliphatic rings. The molecule has 0 aliphatic carbocycles. The first-order valence-corrected chi connectivity index (χ1v) is 7.63. The maximum atomic E-state index is 12.0. The fourth-order valence-electron chi connectivity index (χ4n) is 2.33. The molecule has 1 fully saturated rings. The molecule has 0 aromatic heterocycles. The van der Waals surface area contributed by atoms with Crippen LogP contribution in [0.2, 0.25) is 0 Å². The number of halogens is 2. The van der Waals surface area contributed by atoms with Crippen LogP contribution < -0.4 is 10.6 Å². The molecule has 0 radical (unpaired) electrons. The third kappa shape index (κ3) is 8.36. The fourth-order valence-corrected chi connectivity index (χ4v) is 2.33. The highest BCUT2D eigenvalue weighted by molar-refractivity contribution is 5.85. The Labute approximate surface area is 160 Å². The van der Waals surface area contributed by atoms with E-state index in [9.17, 15) is 9.59 Å². The number of esters is 2. The highest BCUT2D eigenvalue weighted by atomic mass is 35.5. The van der Waals surface area contributed by atoms with Crippen molar-refractivity contribution < 1.29 is 19.1 Å². The summed E-state index contributed by atoms with van der Waals surface area (Å²) in [7, 11) is 0. The smallest absolute Gasteiger partial charge is 0.323 e. The molecule has 0 bridgehead atoms. The van der Waals surface area contributed by atoms with Crippen molar-refractivity contribution in [2.45, 2.75) is 25.1 Å². The van der Waals surface area contributed by atoms with Crippen LogP contribution in [-0.4, -0.2) is 43.7 Å². The minimum Gasteiger partial charge on any atom is -0.461 e. The van der Waals surface area contributed by atoms with Gasteiger partial charge in [-0.15, -0.1) is 24.8 Å². The van der Waals surface area contributed by atoms with Crippen molar-refractivity contribution in [3.8, 4) is 0 Å². The van der Waals surface area contributed by atoms with E-state index in [1.165, 1.54) is 6.08 Å². The summed E-state index contributed by atoms with van der Waals surface area (Å²) in [5.41, 5.74) is 0.957. The van der Waals surface area contributed by atoms with Crippen LogP contribution in [0, 0.1) is 0 Å². The molecule has 8 heteroatoms. The molecule has 1 saturated heterocycles. The molecule has 1 aliphatic heterocycles. The summed E-state index contributed by atoms with van der Waals surface area (Å²) in [6, 6.07) is 9.25. The van der Waals surface area contributed by atoms with Gasteiger partial charge in [-0.25, -0.2) is 0 Å². The van der Waals surface area contributed by atoms with E-state index in [2.05, 4.69) is 17.2 Å². The lowest BCUT2D eigenvalue weighted by Crippen LogP contribution is -2.35. The number of nitrogens with one attached hydrogen (secondary N) is 2. The van der Waals surface area contributed by atoms with Crippen LogP contribution in [0.3, 0.4) is 0 Å². The maximum absolute atomic E-state index is 12.0. The Morgan fingerprint density at radius 3 is 2.64 bits per heavy atom. The van der Waals surface area contributed by atoms with Gasteiger partial charge >= 0.3 is 11.9 Å². The monoisotopic (exact) mass is 390 g/mol. The van der Waals surface area contributed by atoms with Gasteiger partial charge in [0.25, 0.3) is 0 Å². The molecule has 1 heterocycles. The number of hydrogen-bond donors (Lipinski definition) is 2. The lowest BCUT2D eigenvalue weighted by atomic mass is 10.1. The molecule has 6 nitrogen and oxygen atoms in total. The van der Waals surface area contributed by atoms with Crippen LogP contribution in [0.5, 0.6) is 0 Å². The van der Waals surface area contributed by atoms with Gasteiger partial charge in [0, 0.05) is 12.6 Å². The number of hydrogen-bond acceptors (Lipinski definition) is 6. The molecule has 0 spiro atoms. The molecular formula is C17H24Cl2N2O4. The predicted octanol–water partition coefficient (Wildman–Crippen LogP) is 1.62. The van der Waals surface area contributed by atoms with Crippen LogP contribution in [0.1, 0.15) is 12.0 Å². The van der Waals surface area contributed by atoms with Crippen molar-refractivity contribution >= 4 is 36.8 Å². The van der Waals surface area contributed by atoms with Crippen LogP contribution >= 0.6 is 24.8 Å². The van der Waals surface area contributed by atoms with Gasteiger partial charge in [-0.2, -0.15) is 0 Å². The van der Waals surface area contributed by atoms with Gasteiger partial charge in [0.05, 0.1) is 6.54 Å². The quantitative estimate of drug-likeness (QED) is 0.518. The van der Waals surface area contributed by atoms with Crippen molar-refractivity contribution in [3.63, 3.8) is 0 Å². The van der Waals surface area contributed by atoms with E-state index in [0.717, 1.165) is 5.56 Å². The summed E-state index contributed by atoms with van der Waals surface area (Å²) in [5, 5.41) is 6.17. The number of rotatable bonds is 8. The van der Waals surface area contributed by atoms with Crippen molar-refractivity contribution in [2.24, 2.45) is 0 Å². The molecular weight excluding hydrogens is 367 g/mol. The van der Waals surface area contributed by atoms with Crippen LogP contribution in [0.15, 0.2) is 43.0 Å². The second-order valence-electron chi connectivity index (χ2n) is 5.34. The fraction of sp³-hybridized carbons (Fsp3) is 0.412. The Morgan fingerprint density at radius 1 is 1.24 bits per heavy atom. The van der Waals surface area contributed by atoms with E-state index in [4.69, 9.17) is 9.47 Å². The molecule has 2 atom stereocenters. The first-order chi connectivity index (χ1) is 11.2. The van der Waals surface area contributed by atoms with E-state index in [1.807, 2.05) is 30.3 Å². The Kier molecular flexibility index (Phi) is 11.9. The molecule has 2 N–H and O–H groups in total. The summed E-state index contributed by atoms with van der Waals surface area (Å²) < 4.78 is 10.2. The molecule has 0 unspecified atom stereocenters. The van der Waals surface area contributed by atoms with Crippen molar-refractivity contribution in [1.82, 2.24) is 10.6 Å². The Balaban J connectivity index is 0.00000288. The standard InChI is InChI=1S/C17H22N2O4.2ClH/c1-2-8-22-16(20)11-18-14-9-15(19-10-14)17(21)23-12-13-6-4-3-5-7-13;;/h2-7,14-15,18-19H,1,8-12H2;2*1H/t14-,15+;;/m1../s1. The minimum atomic E-state index is -0.347. The molecule has 0 amide bonds. The predicted molar refractivity (Wildman–Crippen MR) is 100 cm³/mol. The van der Waals surface area contributed by atoms with Gasteiger partial charge in [0.1, 0.15) is 19.3 Å². The van der Waals surface area contributed by atoms with Gasteiger partial charge < -0.3 is 20.1 Å². The second-order valence-corrected chi connectivity index (χ2v) is 5.34. The molecule has 1 aromatic carbocycles. The average molecular weight is 391 g/mol. The van der Waals surface area contributed by atoms with E-state index >= 15 is 0 Å². The summed E-state index contributed by atoms with van der Waals surface area (Å²) in [5.74, 6) is -0.604. The Morgan fingerprint density at radius 2 is 1.96 bits per heavy atom.